The molecule has 39 heavy (non-hydrogen) atoms. The van der Waals surface area contributed by atoms with E-state index in [9.17, 15) is 8.42 Å². The van der Waals surface area contributed by atoms with Crippen molar-refractivity contribution in [3.8, 4) is 31.7 Å². The summed E-state index contributed by atoms with van der Waals surface area (Å²) >= 11 is 3.54. The molecule has 0 saturated carbocycles. The predicted octanol–water partition coefficient (Wildman–Crippen LogP) is 5.87. The van der Waals surface area contributed by atoms with Crippen molar-refractivity contribution in [3.63, 3.8) is 0 Å². The van der Waals surface area contributed by atoms with E-state index in [0.29, 0.717) is 51.0 Å². The zero-order chi connectivity index (χ0) is 28.4. The SMILES string of the molecule is Cc1ccc(-c2ccc(-c3cc(OCCNCCS(C)=O)c(C(C)(C)C)cc3OCCOCCS(C)=O)s2)s1. The fourth-order valence-electron chi connectivity index (χ4n) is 3.82. The summed E-state index contributed by atoms with van der Waals surface area (Å²) in [7, 11) is -1.67. The average Bonchev–Trinajstić information content (AvgIpc) is 3.52. The quantitative estimate of drug-likeness (QED) is 0.204. The Morgan fingerprint density at radius 3 is 2.10 bits per heavy atom. The van der Waals surface area contributed by atoms with Crippen molar-refractivity contribution in [2.45, 2.75) is 33.1 Å². The number of nitrogens with one attached hydrogen (secondary N) is 1. The monoisotopic (exact) mass is 611 g/mol. The molecule has 0 aliphatic heterocycles. The Bertz CT molecular complexity index is 1240. The minimum Gasteiger partial charge on any atom is -0.492 e. The fraction of sp³-hybridized carbons (Fsp3) is 0.517. The fourth-order valence-corrected chi connectivity index (χ4v) is 6.59. The molecule has 2 heterocycles. The van der Waals surface area contributed by atoms with Crippen LogP contribution in [0.3, 0.4) is 0 Å². The summed E-state index contributed by atoms with van der Waals surface area (Å²) < 4.78 is 40.9. The van der Waals surface area contributed by atoms with E-state index in [1.807, 2.05) is 0 Å². The molecule has 1 N–H and O–H groups in total. The summed E-state index contributed by atoms with van der Waals surface area (Å²) in [6.07, 6.45) is 3.40. The van der Waals surface area contributed by atoms with Crippen LogP contribution in [-0.2, 0) is 31.8 Å². The van der Waals surface area contributed by atoms with E-state index in [-0.39, 0.29) is 5.41 Å². The van der Waals surface area contributed by atoms with E-state index in [1.54, 1.807) is 35.2 Å². The molecule has 0 bridgehead atoms. The van der Waals surface area contributed by atoms with Crippen molar-refractivity contribution in [1.82, 2.24) is 5.32 Å². The molecule has 0 radical (unpaired) electrons. The highest BCUT2D eigenvalue weighted by Crippen LogP contribution is 2.45. The first kappa shape index (κ1) is 32.0. The highest BCUT2D eigenvalue weighted by molar-refractivity contribution is 7.84. The van der Waals surface area contributed by atoms with Crippen LogP contribution in [0, 0.1) is 6.92 Å². The van der Waals surface area contributed by atoms with Crippen LogP contribution >= 0.6 is 22.7 Å². The second-order valence-electron chi connectivity index (χ2n) is 10.3. The molecule has 0 fully saturated rings. The third-order valence-electron chi connectivity index (χ3n) is 5.85. The zero-order valence-electron chi connectivity index (χ0n) is 23.8. The largest absolute Gasteiger partial charge is 0.492 e. The molecular weight excluding hydrogens is 571 g/mol. The zero-order valence-corrected chi connectivity index (χ0v) is 27.1. The molecule has 0 amide bonds. The lowest BCUT2D eigenvalue weighted by molar-refractivity contribution is 0.112. The number of thiophene rings is 2. The molecule has 10 heteroatoms. The standard InChI is InChI=1S/C29H41NO5S4/c1-21-7-8-27(36-21)28-10-9-26(37-28)22-19-25(34-13-11-30-12-17-38(5)31)23(29(2,3)4)20-24(22)35-15-14-33-16-18-39(6)32/h7-10,19-20,30H,11-18H2,1-6H3. The van der Waals surface area contributed by atoms with Crippen molar-refractivity contribution in [2.75, 3.05) is 63.5 Å². The summed E-state index contributed by atoms with van der Waals surface area (Å²) in [6.45, 7) is 11.8. The molecule has 2 unspecified atom stereocenters. The lowest BCUT2D eigenvalue weighted by atomic mass is 9.85. The van der Waals surface area contributed by atoms with Gasteiger partial charge in [0.25, 0.3) is 0 Å². The Morgan fingerprint density at radius 1 is 0.769 bits per heavy atom. The molecule has 0 aliphatic rings. The van der Waals surface area contributed by atoms with Crippen LogP contribution in [-0.4, -0.2) is 72.0 Å². The smallest absolute Gasteiger partial charge is 0.128 e. The predicted molar refractivity (Wildman–Crippen MR) is 169 cm³/mol. The Labute approximate surface area is 246 Å². The lowest BCUT2D eigenvalue weighted by Crippen LogP contribution is -2.26. The van der Waals surface area contributed by atoms with Gasteiger partial charge in [0.05, 0.1) is 13.2 Å². The van der Waals surface area contributed by atoms with Gasteiger partial charge in [0.2, 0.25) is 0 Å². The van der Waals surface area contributed by atoms with Crippen LogP contribution in [0.1, 0.15) is 31.2 Å². The Hall–Kier alpha value is -1.56. The van der Waals surface area contributed by atoms with Crippen LogP contribution in [0.2, 0.25) is 0 Å². The van der Waals surface area contributed by atoms with Gasteiger partial charge in [-0.2, -0.15) is 0 Å². The van der Waals surface area contributed by atoms with Crippen molar-refractivity contribution in [2.24, 2.45) is 0 Å². The van der Waals surface area contributed by atoms with E-state index < -0.39 is 21.6 Å². The molecule has 0 aliphatic carbocycles. The number of hydrogen-bond donors (Lipinski definition) is 1. The van der Waals surface area contributed by atoms with Gasteiger partial charge in [-0.3, -0.25) is 8.42 Å². The van der Waals surface area contributed by atoms with Crippen LogP contribution in [0.25, 0.3) is 20.2 Å². The van der Waals surface area contributed by atoms with E-state index in [0.717, 1.165) is 27.5 Å². The molecule has 2 aromatic heterocycles. The minimum atomic E-state index is -0.866. The van der Waals surface area contributed by atoms with Gasteiger partial charge in [-0.05, 0) is 48.7 Å². The molecule has 0 saturated heterocycles. The van der Waals surface area contributed by atoms with Gasteiger partial charge in [0.15, 0.2) is 0 Å². The first-order valence-electron chi connectivity index (χ1n) is 13.0. The highest BCUT2D eigenvalue weighted by Gasteiger charge is 2.24. The molecule has 2 atom stereocenters. The van der Waals surface area contributed by atoms with Crippen LogP contribution in [0.4, 0.5) is 0 Å². The first-order chi connectivity index (χ1) is 18.5. The van der Waals surface area contributed by atoms with Crippen LogP contribution in [0.5, 0.6) is 11.5 Å². The van der Waals surface area contributed by atoms with Gasteiger partial charge in [-0.1, -0.05) is 20.8 Å². The van der Waals surface area contributed by atoms with Crippen molar-refractivity contribution in [1.29, 1.82) is 0 Å². The Balaban J connectivity index is 1.86. The van der Waals surface area contributed by atoms with E-state index in [4.69, 9.17) is 14.2 Å². The van der Waals surface area contributed by atoms with Gasteiger partial charge in [-0.15, -0.1) is 22.7 Å². The molecule has 6 nitrogen and oxygen atoms in total. The second kappa shape index (κ2) is 15.4. The lowest BCUT2D eigenvalue weighted by Gasteiger charge is -2.25. The number of rotatable bonds is 16. The maximum Gasteiger partial charge on any atom is 0.128 e. The minimum absolute atomic E-state index is 0.157. The molecule has 216 valence electrons. The topological polar surface area (TPSA) is 73.9 Å². The maximum absolute atomic E-state index is 11.3. The van der Waals surface area contributed by atoms with E-state index in [1.165, 1.54) is 14.6 Å². The first-order valence-corrected chi connectivity index (χ1v) is 18.1. The molecule has 0 spiro atoms. The van der Waals surface area contributed by atoms with E-state index in [2.05, 4.69) is 69.4 Å². The molecule has 3 aromatic rings. The van der Waals surface area contributed by atoms with Gasteiger partial charge in [0, 0.05) is 89.3 Å². The summed E-state index contributed by atoms with van der Waals surface area (Å²) in [4.78, 5) is 4.89. The second-order valence-corrected chi connectivity index (χ2v) is 15.8. The maximum atomic E-state index is 11.3. The van der Waals surface area contributed by atoms with Crippen LogP contribution in [0.15, 0.2) is 36.4 Å². The van der Waals surface area contributed by atoms with Crippen molar-refractivity contribution < 1.29 is 22.6 Å². The third-order valence-corrected chi connectivity index (χ3v) is 9.68. The number of ether oxygens (including phenoxy) is 3. The van der Waals surface area contributed by atoms with Crippen molar-refractivity contribution in [3.05, 3.63) is 46.8 Å². The van der Waals surface area contributed by atoms with Gasteiger partial charge in [0.1, 0.15) is 24.7 Å². The van der Waals surface area contributed by atoms with Crippen LogP contribution < -0.4 is 14.8 Å². The number of aryl methyl sites for hydroxylation is 1. The molecule has 3 rings (SSSR count). The van der Waals surface area contributed by atoms with Crippen molar-refractivity contribution >= 4 is 44.3 Å². The summed E-state index contributed by atoms with van der Waals surface area (Å²) in [6, 6.07) is 12.9. The Kier molecular flexibility index (Phi) is 12.7. The summed E-state index contributed by atoms with van der Waals surface area (Å²) in [5, 5.41) is 3.31. The summed E-state index contributed by atoms with van der Waals surface area (Å²) in [5.74, 6) is 2.80. The molecular formula is C29H41NO5S4. The Morgan fingerprint density at radius 2 is 1.44 bits per heavy atom. The average molecular weight is 612 g/mol. The highest BCUT2D eigenvalue weighted by atomic mass is 32.2. The van der Waals surface area contributed by atoms with Gasteiger partial charge < -0.3 is 19.5 Å². The summed E-state index contributed by atoms with van der Waals surface area (Å²) in [5.41, 5.74) is 1.91. The van der Waals surface area contributed by atoms with Gasteiger partial charge in [-0.25, -0.2) is 0 Å². The van der Waals surface area contributed by atoms with E-state index >= 15 is 0 Å². The normalized spacial score (nSPS) is 13.4. The molecule has 1 aromatic carbocycles. The number of benzene rings is 1. The third kappa shape index (κ3) is 10.4. The number of hydrogen-bond acceptors (Lipinski definition) is 8. The van der Waals surface area contributed by atoms with Gasteiger partial charge >= 0.3 is 0 Å².